The summed E-state index contributed by atoms with van der Waals surface area (Å²) in [7, 11) is 0. The van der Waals surface area contributed by atoms with Gasteiger partial charge in [-0.15, -0.1) is 0 Å². The average Bonchev–Trinajstić information content (AvgIpc) is 2.66. The third kappa shape index (κ3) is 6.28. The molecule has 2 aromatic rings. The molecular weight excluding hydrogens is 416 g/mol. The van der Waals surface area contributed by atoms with E-state index in [2.05, 4.69) is 5.32 Å². The van der Waals surface area contributed by atoms with Gasteiger partial charge < -0.3 is 14.8 Å². The molecule has 1 atom stereocenters. The van der Waals surface area contributed by atoms with Gasteiger partial charge in [0.1, 0.15) is 17.2 Å². The normalized spacial score (nSPS) is 12.3. The predicted octanol–water partition coefficient (Wildman–Crippen LogP) is 6.08. The van der Waals surface area contributed by atoms with Crippen molar-refractivity contribution in [3.05, 3.63) is 58.2 Å². The van der Waals surface area contributed by atoms with E-state index in [1.165, 1.54) is 6.07 Å². The van der Waals surface area contributed by atoms with E-state index < -0.39 is 29.5 Å². The maximum absolute atomic E-state index is 15.2. The summed E-state index contributed by atoms with van der Waals surface area (Å²) in [5.74, 6) is -1.52. The molecule has 174 valence electrons. The first-order valence-corrected chi connectivity index (χ1v) is 10.5. The standard InChI is InChI=1S/C25H31F2NO4/c1-8-31-21(29)13-20(28-24(30)32-25(5,6)7)18-12-17(11-15(3)23(18)27)22-14(2)9-10-19(26)16(22)4/h9-12,20H,8,13H2,1-7H3,(H,28,30)/t20-/m0/s1. The van der Waals surface area contributed by atoms with Crippen LogP contribution in [0.2, 0.25) is 0 Å². The largest absolute Gasteiger partial charge is 0.466 e. The number of ether oxygens (including phenoxy) is 2. The molecule has 7 heteroatoms. The van der Waals surface area contributed by atoms with E-state index in [1.54, 1.807) is 59.7 Å². The minimum atomic E-state index is -1.03. The molecule has 1 N–H and O–H groups in total. The molecule has 1 amide bonds. The third-order valence-corrected chi connectivity index (χ3v) is 4.92. The Balaban J connectivity index is 2.58. The number of alkyl carbamates (subject to hydrolysis) is 1. The molecule has 0 aliphatic heterocycles. The summed E-state index contributed by atoms with van der Waals surface area (Å²) in [6, 6.07) is 5.18. The Bertz CT molecular complexity index is 1010. The van der Waals surface area contributed by atoms with Gasteiger partial charge in [0.25, 0.3) is 0 Å². The summed E-state index contributed by atoms with van der Waals surface area (Å²) < 4.78 is 39.8. The number of hydrogen-bond donors (Lipinski definition) is 1. The lowest BCUT2D eigenvalue weighted by Crippen LogP contribution is -2.36. The molecule has 2 rings (SSSR count). The Morgan fingerprint density at radius 1 is 1.06 bits per heavy atom. The smallest absolute Gasteiger partial charge is 0.408 e. The summed E-state index contributed by atoms with van der Waals surface area (Å²) in [4.78, 5) is 24.6. The molecule has 0 unspecified atom stereocenters. The van der Waals surface area contributed by atoms with Crippen molar-refractivity contribution in [2.75, 3.05) is 6.61 Å². The van der Waals surface area contributed by atoms with Crippen LogP contribution in [0.25, 0.3) is 11.1 Å². The van der Waals surface area contributed by atoms with Gasteiger partial charge in [-0.1, -0.05) is 6.07 Å². The zero-order valence-electron chi connectivity index (χ0n) is 19.7. The molecule has 5 nitrogen and oxygen atoms in total. The first kappa shape index (κ1) is 25.3. The van der Waals surface area contributed by atoms with E-state index in [4.69, 9.17) is 9.47 Å². The van der Waals surface area contributed by atoms with Gasteiger partial charge in [-0.3, -0.25) is 4.79 Å². The van der Waals surface area contributed by atoms with E-state index in [-0.39, 0.29) is 24.4 Å². The van der Waals surface area contributed by atoms with Crippen molar-refractivity contribution >= 4 is 12.1 Å². The van der Waals surface area contributed by atoms with Crippen LogP contribution in [0.4, 0.5) is 13.6 Å². The number of benzene rings is 2. The summed E-state index contributed by atoms with van der Waals surface area (Å²) >= 11 is 0. The van der Waals surface area contributed by atoms with Crippen molar-refractivity contribution in [3.63, 3.8) is 0 Å². The minimum absolute atomic E-state index is 0.0990. The number of aryl methyl sites for hydroxylation is 2. The Hall–Kier alpha value is -2.96. The maximum atomic E-state index is 15.2. The summed E-state index contributed by atoms with van der Waals surface area (Å²) in [5, 5.41) is 2.59. The topological polar surface area (TPSA) is 64.6 Å². The van der Waals surface area contributed by atoms with Crippen LogP contribution in [-0.4, -0.2) is 24.3 Å². The van der Waals surface area contributed by atoms with Crippen molar-refractivity contribution in [2.24, 2.45) is 0 Å². The highest BCUT2D eigenvalue weighted by molar-refractivity contribution is 5.75. The fourth-order valence-corrected chi connectivity index (χ4v) is 3.54. The molecule has 2 aromatic carbocycles. The average molecular weight is 448 g/mol. The van der Waals surface area contributed by atoms with Crippen LogP contribution in [0.1, 0.15) is 62.4 Å². The van der Waals surface area contributed by atoms with Gasteiger partial charge in [-0.05, 0) is 94.5 Å². The molecule has 32 heavy (non-hydrogen) atoms. The van der Waals surface area contributed by atoms with Crippen LogP contribution in [0.15, 0.2) is 24.3 Å². The van der Waals surface area contributed by atoms with Gasteiger partial charge in [0.15, 0.2) is 0 Å². The van der Waals surface area contributed by atoms with Crippen molar-refractivity contribution in [1.29, 1.82) is 0 Å². The van der Waals surface area contributed by atoms with Crippen LogP contribution in [0.3, 0.4) is 0 Å². The first-order valence-electron chi connectivity index (χ1n) is 10.5. The van der Waals surface area contributed by atoms with Gasteiger partial charge in [0.2, 0.25) is 0 Å². The molecule has 0 aliphatic rings. The van der Waals surface area contributed by atoms with Crippen LogP contribution in [0, 0.1) is 32.4 Å². The highest BCUT2D eigenvalue weighted by atomic mass is 19.1. The first-order chi connectivity index (χ1) is 14.8. The summed E-state index contributed by atoms with van der Waals surface area (Å²) in [5.41, 5.74) is 2.12. The number of rotatable bonds is 6. The second-order valence-electron chi connectivity index (χ2n) is 8.77. The van der Waals surface area contributed by atoms with Gasteiger partial charge in [-0.25, -0.2) is 13.6 Å². The number of halogens is 2. The van der Waals surface area contributed by atoms with Crippen LogP contribution < -0.4 is 5.32 Å². The van der Waals surface area contributed by atoms with Gasteiger partial charge in [0.05, 0.1) is 19.1 Å². The Kier molecular flexibility index (Phi) is 7.99. The van der Waals surface area contributed by atoms with Crippen molar-refractivity contribution in [2.45, 2.75) is 66.5 Å². The SMILES string of the molecule is CCOC(=O)C[C@H](NC(=O)OC(C)(C)C)c1cc(-c2c(C)ccc(F)c2C)cc(C)c1F. The van der Waals surface area contributed by atoms with Crippen LogP contribution in [0.5, 0.6) is 0 Å². The lowest BCUT2D eigenvalue weighted by molar-refractivity contribution is -0.143. The van der Waals surface area contributed by atoms with Gasteiger partial charge >= 0.3 is 12.1 Å². The quantitative estimate of drug-likeness (QED) is 0.546. The zero-order valence-corrected chi connectivity index (χ0v) is 19.7. The second kappa shape index (κ2) is 10.1. The Morgan fingerprint density at radius 2 is 1.72 bits per heavy atom. The van der Waals surface area contributed by atoms with Crippen molar-refractivity contribution in [1.82, 2.24) is 5.32 Å². The van der Waals surface area contributed by atoms with E-state index in [0.29, 0.717) is 22.3 Å². The zero-order chi connectivity index (χ0) is 24.2. The highest BCUT2D eigenvalue weighted by Crippen LogP contribution is 2.34. The summed E-state index contributed by atoms with van der Waals surface area (Å²) in [6.45, 7) is 12.0. The molecular formula is C25H31F2NO4. The second-order valence-corrected chi connectivity index (χ2v) is 8.77. The van der Waals surface area contributed by atoms with Crippen molar-refractivity contribution in [3.8, 4) is 11.1 Å². The number of hydrogen-bond acceptors (Lipinski definition) is 4. The third-order valence-electron chi connectivity index (χ3n) is 4.92. The molecule has 0 saturated heterocycles. The number of esters is 1. The molecule has 0 spiro atoms. The fourth-order valence-electron chi connectivity index (χ4n) is 3.54. The summed E-state index contributed by atoms with van der Waals surface area (Å²) in [6.07, 6.45) is -1.07. The molecule has 0 fully saturated rings. The number of carbonyl (C=O) groups is 2. The Labute approximate surface area is 188 Å². The molecule has 0 heterocycles. The van der Waals surface area contributed by atoms with E-state index in [9.17, 15) is 14.0 Å². The van der Waals surface area contributed by atoms with Crippen LogP contribution >= 0.6 is 0 Å². The lowest BCUT2D eigenvalue weighted by atomic mass is 9.90. The molecule has 0 saturated carbocycles. The lowest BCUT2D eigenvalue weighted by Gasteiger charge is -2.25. The molecule has 0 radical (unpaired) electrons. The number of nitrogens with one attached hydrogen (secondary N) is 1. The fraction of sp³-hybridized carbons (Fsp3) is 0.440. The van der Waals surface area contributed by atoms with Crippen molar-refractivity contribution < 1.29 is 27.8 Å². The molecule has 0 bridgehead atoms. The highest BCUT2D eigenvalue weighted by Gasteiger charge is 2.27. The number of amides is 1. The van der Waals surface area contributed by atoms with E-state index >= 15 is 4.39 Å². The van der Waals surface area contributed by atoms with Gasteiger partial charge in [0, 0.05) is 5.56 Å². The van der Waals surface area contributed by atoms with E-state index in [0.717, 1.165) is 5.56 Å². The number of carbonyl (C=O) groups excluding carboxylic acids is 2. The predicted molar refractivity (Wildman–Crippen MR) is 119 cm³/mol. The van der Waals surface area contributed by atoms with E-state index in [1.807, 2.05) is 6.92 Å². The Morgan fingerprint density at radius 3 is 2.31 bits per heavy atom. The monoisotopic (exact) mass is 447 g/mol. The molecule has 0 aliphatic carbocycles. The maximum Gasteiger partial charge on any atom is 0.408 e. The minimum Gasteiger partial charge on any atom is -0.466 e. The van der Waals surface area contributed by atoms with Gasteiger partial charge in [-0.2, -0.15) is 0 Å². The van der Waals surface area contributed by atoms with Crippen LogP contribution in [-0.2, 0) is 14.3 Å². The molecule has 0 aromatic heterocycles.